The summed E-state index contributed by atoms with van der Waals surface area (Å²) in [6.07, 6.45) is 0.854. The molecule has 0 saturated carbocycles. The Bertz CT molecular complexity index is 385. The van der Waals surface area contributed by atoms with E-state index in [2.05, 4.69) is 13.8 Å². The zero-order chi connectivity index (χ0) is 10.6. The van der Waals surface area contributed by atoms with Gasteiger partial charge in [0.1, 0.15) is 5.82 Å². The second-order valence-corrected chi connectivity index (χ2v) is 5.06. The van der Waals surface area contributed by atoms with E-state index in [0.717, 1.165) is 17.5 Å². The summed E-state index contributed by atoms with van der Waals surface area (Å²) in [5.74, 6) is -0.169. The van der Waals surface area contributed by atoms with Crippen molar-refractivity contribution in [1.29, 1.82) is 0 Å². The molecule has 2 rings (SSSR count). The molecular weight excluding hydrogens is 213 g/mol. The van der Waals surface area contributed by atoms with Crippen LogP contribution in [-0.2, 0) is 12.0 Å². The summed E-state index contributed by atoms with van der Waals surface area (Å²) in [5, 5.41) is 0. The van der Waals surface area contributed by atoms with E-state index in [-0.39, 0.29) is 29.2 Å². The maximum absolute atomic E-state index is 13.0. The standard InChI is InChI=1S/C12H16FN.ClH/c1-11(2)7-8-6-9(13)4-5-10(8)12(11,3)14;/h4-6H,7,14H2,1-3H3;1H. The van der Waals surface area contributed by atoms with Crippen LogP contribution in [0.15, 0.2) is 18.2 Å². The minimum Gasteiger partial charge on any atom is -0.321 e. The normalized spacial score (nSPS) is 27.0. The summed E-state index contributed by atoms with van der Waals surface area (Å²) in [6, 6.07) is 4.92. The Labute approximate surface area is 96.3 Å². The molecule has 1 aromatic carbocycles. The summed E-state index contributed by atoms with van der Waals surface area (Å²) in [7, 11) is 0. The molecule has 1 atom stereocenters. The molecule has 15 heavy (non-hydrogen) atoms. The number of halogens is 2. The van der Waals surface area contributed by atoms with Gasteiger partial charge < -0.3 is 5.73 Å². The van der Waals surface area contributed by atoms with Gasteiger partial charge >= 0.3 is 0 Å². The van der Waals surface area contributed by atoms with E-state index in [1.165, 1.54) is 6.07 Å². The predicted molar refractivity (Wildman–Crippen MR) is 62.7 cm³/mol. The van der Waals surface area contributed by atoms with Crippen LogP contribution in [0.3, 0.4) is 0 Å². The van der Waals surface area contributed by atoms with Crippen LogP contribution in [-0.4, -0.2) is 0 Å². The van der Waals surface area contributed by atoms with E-state index < -0.39 is 0 Å². The molecule has 1 aliphatic carbocycles. The Kier molecular flexibility index (Phi) is 2.88. The fraction of sp³-hybridized carbons (Fsp3) is 0.500. The van der Waals surface area contributed by atoms with Gasteiger partial charge in [0.25, 0.3) is 0 Å². The lowest BCUT2D eigenvalue weighted by atomic mass is 9.75. The van der Waals surface area contributed by atoms with E-state index in [0.29, 0.717) is 0 Å². The van der Waals surface area contributed by atoms with Gasteiger partial charge in [0, 0.05) is 5.54 Å². The number of nitrogens with two attached hydrogens (primary N) is 1. The van der Waals surface area contributed by atoms with Crippen molar-refractivity contribution in [3.63, 3.8) is 0 Å². The Hall–Kier alpha value is -0.600. The smallest absolute Gasteiger partial charge is 0.123 e. The molecule has 1 aliphatic rings. The van der Waals surface area contributed by atoms with E-state index in [1.807, 2.05) is 13.0 Å². The lowest BCUT2D eigenvalue weighted by Crippen LogP contribution is -2.43. The third-order valence-corrected chi connectivity index (χ3v) is 3.67. The van der Waals surface area contributed by atoms with Crippen molar-refractivity contribution in [1.82, 2.24) is 0 Å². The molecule has 0 aromatic heterocycles. The predicted octanol–water partition coefficient (Wildman–Crippen LogP) is 3.00. The zero-order valence-electron chi connectivity index (χ0n) is 9.30. The maximum atomic E-state index is 13.0. The summed E-state index contributed by atoms with van der Waals surface area (Å²) in [5.41, 5.74) is 8.09. The minimum atomic E-state index is -0.351. The van der Waals surface area contributed by atoms with Gasteiger partial charge in [-0.05, 0) is 42.0 Å². The Morgan fingerprint density at radius 2 is 1.87 bits per heavy atom. The molecular formula is C12H17ClFN. The van der Waals surface area contributed by atoms with Gasteiger partial charge in [-0.3, -0.25) is 0 Å². The summed E-state index contributed by atoms with van der Waals surface area (Å²) < 4.78 is 13.0. The van der Waals surface area contributed by atoms with Gasteiger partial charge in [0.05, 0.1) is 0 Å². The van der Waals surface area contributed by atoms with Crippen molar-refractivity contribution in [2.45, 2.75) is 32.7 Å². The molecule has 0 radical (unpaired) electrons. The van der Waals surface area contributed by atoms with Crippen LogP contribution in [0.2, 0.25) is 0 Å². The molecule has 0 fully saturated rings. The van der Waals surface area contributed by atoms with Crippen molar-refractivity contribution >= 4 is 12.4 Å². The SMILES string of the molecule is CC1(C)Cc2cc(F)ccc2C1(C)N.Cl. The second-order valence-electron chi connectivity index (χ2n) is 5.06. The molecule has 0 spiro atoms. The molecule has 2 N–H and O–H groups in total. The lowest BCUT2D eigenvalue weighted by Gasteiger charge is -2.35. The number of fused-ring (bicyclic) bond motifs is 1. The first kappa shape index (κ1) is 12.5. The maximum Gasteiger partial charge on any atom is 0.123 e. The highest BCUT2D eigenvalue weighted by atomic mass is 35.5. The average molecular weight is 230 g/mol. The van der Waals surface area contributed by atoms with Gasteiger partial charge in [0.2, 0.25) is 0 Å². The highest BCUT2D eigenvalue weighted by Gasteiger charge is 2.46. The zero-order valence-corrected chi connectivity index (χ0v) is 10.1. The third kappa shape index (κ3) is 1.66. The summed E-state index contributed by atoms with van der Waals surface area (Å²) in [4.78, 5) is 0. The Morgan fingerprint density at radius 1 is 1.27 bits per heavy atom. The van der Waals surface area contributed by atoms with Gasteiger partial charge in [-0.15, -0.1) is 12.4 Å². The van der Waals surface area contributed by atoms with Crippen LogP contribution in [0.4, 0.5) is 4.39 Å². The molecule has 0 amide bonds. The first-order chi connectivity index (χ1) is 6.34. The number of hydrogen-bond donors (Lipinski definition) is 1. The number of hydrogen-bond acceptors (Lipinski definition) is 1. The second kappa shape index (κ2) is 3.46. The van der Waals surface area contributed by atoms with E-state index >= 15 is 0 Å². The monoisotopic (exact) mass is 229 g/mol. The quantitative estimate of drug-likeness (QED) is 0.727. The van der Waals surface area contributed by atoms with Crippen LogP contribution in [0.5, 0.6) is 0 Å². The Balaban J connectivity index is 0.00000112. The fourth-order valence-corrected chi connectivity index (χ4v) is 2.24. The van der Waals surface area contributed by atoms with Crippen LogP contribution in [0.25, 0.3) is 0 Å². The van der Waals surface area contributed by atoms with Crippen LogP contribution >= 0.6 is 12.4 Å². The fourth-order valence-electron chi connectivity index (χ4n) is 2.24. The van der Waals surface area contributed by atoms with Crippen molar-refractivity contribution < 1.29 is 4.39 Å². The van der Waals surface area contributed by atoms with Crippen LogP contribution in [0, 0.1) is 11.2 Å². The third-order valence-electron chi connectivity index (χ3n) is 3.67. The molecule has 0 saturated heterocycles. The molecule has 1 aromatic rings. The van der Waals surface area contributed by atoms with E-state index in [1.54, 1.807) is 6.07 Å². The first-order valence-electron chi connectivity index (χ1n) is 4.92. The average Bonchev–Trinajstić information content (AvgIpc) is 2.18. The van der Waals surface area contributed by atoms with Gasteiger partial charge in [-0.25, -0.2) is 4.39 Å². The van der Waals surface area contributed by atoms with Crippen LogP contribution in [0.1, 0.15) is 31.9 Å². The van der Waals surface area contributed by atoms with Gasteiger partial charge in [0.15, 0.2) is 0 Å². The van der Waals surface area contributed by atoms with Crippen molar-refractivity contribution in [2.75, 3.05) is 0 Å². The summed E-state index contributed by atoms with van der Waals surface area (Å²) >= 11 is 0. The first-order valence-corrected chi connectivity index (χ1v) is 4.92. The molecule has 1 nitrogen and oxygen atoms in total. The topological polar surface area (TPSA) is 26.0 Å². The van der Waals surface area contributed by atoms with Crippen molar-refractivity contribution in [2.24, 2.45) is 11.1 Å². The number of benzene rings is 1. The largest absolute Gasteiger partial charge is 0.321 e. The molecule has 0 heterocycles. The summed E-state index contributed by atoms with van der Waals surface area (Å²) in [6.45, 7) is 6.28. The molecule has 3 heteroatoms. The minimum absolute atomic E-state index is 0. The van der Waals surface area contributed by atoms with Gasteiger partial charge in [-0.2, -0.15) is 0 Å². The highest BCUT2D eigenvalue weighted by Crippen LogP contribution is 2.47. The molecule has 84 valence electrons. The van der Waals surface area contributed by atoms with Crippen molar-refractivity contribution in [3.05, 3.63) is 35.1 Å². The van der Waals surface area contributed by atoms with E-state index in [9.17, 15) is 4.39 Å². The number of rotatable bonds is 0. The van der Waals surface area contributed by atoms with Gasteiger partial charge in [-0.1, -0.05) is 19.9 Å². The molecule has 0 bridgehead atoms. The van der Waals surface area contributed by atoms with E-state index in [4.69, 9.17) is 5.73 Å². The lowest BCUT2D eigenvalue weighted by molar-refractivity contribution is 0.211. The van der Waals surface area contributed by atoms with Crippen LogP contribution < -0.4 is 5.73 Å². The molecule has 1 unspecified atom stereocenters. The Morgan fingerprint density at radius 3 is 2.47 bits per heavy atom. The van der Waals surface area contributed by atoms with Crippen molar-refractivity contribution in [3.8, 4) is 0 Å². The highest BCUT2D eigenvalue weighted by molar-refractivity contribution is 5.85. The molecule has 0 aliphatic heterocycles.